The number of para-hydroxylation sites is 1. The summed E-state index contributed by atoms with van der Waals surface area (Å²) < 4.78 is 0. The largest absolute Gasteiger partial charge is 0.391 e. The molecule has 8 amide bonds. The lowest BCUT2D eigenvalue weighted by molar-refractivity contribution is -0.137. The van der Waals surface area contributed by atoms with Crippen molar-refractivity contribution in [2.75, 3.05) is 18.1 Å². The molecule has 3 unspecified atom stereocenters. The summed E-state index contributed by atoms with van der Waals surface area (Å²) in [6, 6.07) is 13.7. The Hall–Kier alpha value is -6.50. The van der Waals surface area contributed by atoms with Gasteiger partial charge in [-0.3, -0.25) is 38.4 Å². The Kier molecular flexibility index (Phi) is 21.9. The summed E-state index contributed by atoms with van der Waals surface area (Å²) in [5, 5.41) is 40.3. The van der Waals surface area contributed by atoms with Gasteiger partial charge in [0.05, 0.1) is 18.2 Å². The van der Waals surface area contributed by atoms with Gasteiger partial charge in [-0.15, -0.1) is 0 Å². The molecule has 1 fully saturated rings. The van der Waals surface area contributed by atoms with Gasteiger partial charge in [-0.05, 0) is 68.8 Å². The molecule has 388 valence electrons. The van der Waals surface area contributed by atoms with Crippen molar-refractivity contribution >= 4 is 79.7 Å². The number of amides is 8. The summed E-state index contributed by atoms with van der Waals surface area (Å²) >= 11 is 0. The van der Waals surface area contributed by atoms with Gasteiger partial charge in [-0.1, -0.05) is 100 Å². The molecular formula is C49H65N11O10S2. The Bertz CT molecular complexity index is 2480. The van der Waals surface area contributed by atoms with Gasteiger partial charge in [0.1, 0.15) is 42.3 Å². The van der Waals surface area contributed by atoms with Crippen LogP contribution in [-0.2, 0) is 57.6 Å². The average molecular weight is 1030 g/mol. The van der Waals surface area contributed by atoms with Gasteiger partial charge in [0.2, 0.25) is 47.3 Å². The third-order valence-corrected chi connectivity index (χ3v) is 14.3. The number of H-pyrrole nitrogens is 1. The molecule has 1 aliphatic heterocycles. The van der Waals surface area contributed by atoms with Gasteiger partial charge in [0.15, 0.2) is 0 Å². The molecule has 0 radical (unpaired) electrons. The molecule has 0 aliphatic carbocycles. The van der Waals surface area contributed by atoms with E-state index in [9.17, 15) is 48.6 Å². The van der Waals surface area contributed by atoms with Gasteiger partial charge in [0.25, 0.3) is 0 Å². The highest BCUT2D eigenvalue weighted by Crippen LogP contribution is 2.24. The maximum Gasteiger partial charge on any atom is 0.245 e. The zero-order chi connectivity index (χ0) is 52.3. The van der Waals surface area contributed by atoms with Crippen molar-refractivity contribution in [3.8, 4) is 0 Å². The van der Waals surface area contributed by atoms with Gasteiger partial charge in [0, 0.05) is 41.4 Å². The number of rotatable bonds is 17. The highest BCUT2D eigenvalue weighted by Gasteiger charge is 2.37. The van der Waals surface area contributed by atoms with E-state index in [1.54, 1.807) is 60.8 Å². The SMILES string of the molecule is C[C@H](O)[C@@H](NC(=O)C1CSSC[C@H](NC(=O)[C@H](N)Cc2ccccc2)C(=O)NC(Cc2ccccc2)C(=O)N[C@H](Cc2c[nH]c3ccccc23)C(=O)N[C@@H](CCCCN)C(=O)NC([C@@H](C)O)C(=O)N1)C(N)=O. The van der Waals surface area contributed by atoms with Crippen molar-refractivity contribution in [3.05, 3.63) is 108 Å². The molecule has 1 aliphatic rings. The predicted molar refractivity (Wildman–Crippen MR) is 274 cm³/mol. The first-order valence-corrected chi connectivity index (χ1v) is 26.0. The molecule has 2 heterocycles. The second-order valence-electron chi connectivity index (χ2n) is 17.6. The van der Waals surface area contributed by atoms with Crippen molar-refractivity contribution in [2.45, 2.75) is 113 Å². The van der Waals surface area contributed by atoms with E-state index < -0.39 is 108 Å². The third kappa shape index (κ3) is 16.8. The predicted octanol–water partition coefficient (Wildman–Crippen LogP) is -1.31. The van der Waals surface area contributed by atoms with Crippen LogP contribution in [0.4, 0.5) is 0 Å². The summed E-state index contributed by atoms with van der Waals surface area (Å²) in [4.78, 5) is 115. The summed E-state index contributed by atoms with van der Waals surface area (Å²) in [5.41, 5.74) is 20.4. The molecule has 16 N–H and O–H groups in total. The van der Waals surface area contributed by atoms with Crippen LogP contribution >= 0.6 is 21.6 Å². The Morgan fingerprint density at radius 3 is 1.93 bits per heavy atom. The molecule has 1 saturated heterocycles. The number of hydrogen-bond donors (Lipinski definition) is 13. The fourth-order valence-corrected chi connectivity index (χ4v) is 10.1. The number of aromatic nitrogens is 1. The van der Waals surface area contributed by atoms with Crippen molar-refractivity contribution in [2.24, 2.45) is 17.2 Å². The van der Waals surface area contributed by atoms with Gasteiger partial charge in [-0.25, -0.2) is 0 Å². The molecule has 3 aromatic carbocycles. The lowest BCUT2D eigenvalue weighted by atomic mass is 10.0. The van der Waals surface area contributed by atoms with Crippen molar-refractivity contribution < 1.29 is 48.6 Å². The first-order chi connectivity index (χ1) is 34.4. The lowest BCUT2D eigenvalue weighted by Crippen LogP contribution is -2.62. The second-order valence-corrected chi connectivity index (χ2v) is 20.1. The van der Waals surface area contributed by atoms with Crippen molar-refractivity contribution in [1.29, 1.82) is 0 Å². The second kappa shape index (κ2) is 27.9. The zero-order valence-corrected chi connectivity index (χ0v) is 41.6. The number of hydrogen-bond acceptors (Lipinski definition) is 14. The molecule has 5 rings (SSSR count). The van der Waals surface area contributed by atoms with E-state index in [0.717, 1.165) is 38.1 Å². The summed E-state index contributed by atoms with van der Waals surface area (Å²) in [6.07, 6.45) is -0.557. The maximum atomic E-state index is 14.7. The number of carbonyl (C=O) groups is 8. The minimum Gasteiger partial charge on any atom is -0.391 e. The minimum absolute atomic E-state index is 0.0121. The molecule has 21 nitrogen and oxygen atoms in total. The summed E-state index contributed by atoms with van der Waals surface area (Å²) in [7, 11) is 1.96. The maximum absolute atomic E-state index is 14.7. The van der Waals surface area contributed by atoms with E-state index in [0.29, 0.717) is 24.0 Å². The normalized spacial score (nSPS) is 22.6. The van der Waals surface area contributed by atoms with E-state index in [1.165, 1.54) is 13.8 Å². The van der Waals surface area contributed by atoms with Crippen LogP contribution in [0.1, 0.15) is 49.8 Å². The Balaban J connectivity index is 1.57. The van der Waals surface area contributed by atoms with Crippen molar-refractivity contribution in [3.63, 3.8) is 0 Å². The number of nitrogens with one attached hydrogen (secondary N) is 8. The molecule has 1 aromatic heterocycles. The van der Waals surface area contributed by atoms with Crippen LogP contribution in [-0.4, -0.2) is 141 Å². The monoisotopic (exact) mass is 1030 g/mol. The van der Waals surface area contributed by atoms with Crippen LogP contribution < -0.4 is 54.4 Å². The first-order valence-electron chi connectivity index (χ1n) is 23.6. The minimum atomic E-state index is -1.71. The summed E-state index contributed by atoms with van der Waals surface area (Å²) in [6.45, 7) is 2.70. The van der Waals surface area contributed by atoms with Crippen LogP contribution in [0.5, 0.6) is 0 Å². The molecule has 0 spiro atoms. The van der Waals surface area contributed by atoms with E-state index in [1.807, 2.05) is 30.3 Å². The van der Waals surface area contributed by atoms with Gasteiger partial charge >= 0.3 is 0 Å². The fourth-order valence-electron chi connectivity index (χ4n) is 7.81. The summed E-state index contributed by atoms with van der Waals surface area (Å²) in [5.74, 6) is -7.51. The Labute approximate surface area is 424 Å². The number of aliphatic hydroxyl groups excluding tert-OH is 2. The quantitative estimate of drug-likeness (QED) is 0.0432. The number of carbonyl (C=O) groups excluding carboxylic acids is 8. The molecule has 23 heteroatoms. The van der Waals surface area contributed by atoms with E-state index in [4.69, 9.17) is 17.2 Å². The van der Waals surface area contributed by atoms with Gasteiger partial charge in [-0.2, -0.15) is 0 Å². The van der Waals surface area contributed by atoms with Crippen LogP contribution in [0, 0.1) is 0 Å². The highest BCUT2D eigenvalue weighted by atomic mass is 33.1. The Morgan fingerprint density at radius 2 is 1.29 bits per heavy atom. The standard InChI is InChI=1S/C49H65N11O10S2/c1-27(61)40(42(52)63)59-48(69)39-26-72-71-25-38(57-43(64)33(51)21-29-13-5-3-6-14-29)47(68)55-36(22-30-15-7-4-8-16-30)45(66)56-37(23-31-24-53-34-18-10-9-17-32(31)34)46(67)54-35(19-11-12-20-50)44(65)60-41(28(2)62)49(70)58-39/h3-10,13-18,24,27-28,33,35-41,53,61-62H,11-12,19-23,25-26,50-51H2,1-2H3,(H2,52,63)(H,54,67)(H,55,68)(H,56,66)(H,57,64)(H,58,70)(H,59,69)(H,60,65)/t27-,28+,33+,35-,36?,37+,38-,39?,40+,41?/m0/s1. The van der Waals surface area contributed by atoms with Crippen LogP contribution in [0.3, 0.4) is 0 Å². The molecular weight excluding hydrogens is 967 g/mol. The Morgan fingerprint density at radius 1 is 0.708 bits per heavy atom. The number of unbranched alkanes of at least 4 members (excludes halogenated alkanes) is 1. The molecule has 0 bridgehead atoms. The zero-order valence-electron chi connectivity index (χ0n) is 40.0. The number of primary amides is 1. The topological polar surface area (TPSA) is 355 Å². The highest BCUT2D eigenvalue weighted by molar-refractivity contribution is 8.76. The number of aromatic amines is 1. The van der Waals surface area contributed by atoms with E-state index in [2.05, 4.69) is 42.2 Å². The molecule has 10 atom stereocenters. The van der Waals surface area contributed by atoms with E-state index >= 15 is 0 Å². The van der Waals surface area contributed by atoms with Gasteiger partial charge < -0.3 is 69.6 Å². The number of fused-ring (bicyclic) bond motifs is 1. The smallest absolute Gasteiger partial charge is 0.245 e. The lowest BCUT2D eigenvalue weighted by Gasteiger charge is -2.29. The van der Waals surface area contributed by atoms with E-state index in [-0.39, 0.29) is 43.7 Å². The van der Waals surface area contributed by atoms with Crippen molar-refractivity contribution in [1.82, 2.24) is 42.2 Å². The molecule has 72 heavy (non-hydrogen) atoms. The molecule has 4 aromatic rings. The van der Waals surface area contributed by atoms with Crippen LogP contribution in [0.15, 0.2) is 91.1 Å². The number of nitrogens with two attached hydrogens (primary N) is 3. The van der Waals surface area contributed by atoms with Crippen LogP contribution in [0.25, 0.3) is 10.9 Å². The third-order valence-electron chi connectivity index (χ3n) is 11.8. The first kappa shape index (κ1) is 56.4. The van der Waals surface area contributed by atoms with Crippen LogP contribution in [0.2, 0.25) is 0 Å². The fraction of sp³-hybridized carbons (Fsp3) is 0.429. The average Bonchev–Trinajstić information content (AvgIpc) is 3.76. The molecule has 0 saturated carbocycles. The number of aliphatic hydroxyl groups is 2. The number of benzene rings is 3.